The zero-order valence-electron chi connectivity index (χ0n) is 11.0. The Morgan fingerprint density at radius 1 is 1.39 bits per heavy atom. The number of nitro benzene ring substituents is 1. The molecule has 1 aromatic carbocycles. The van der Waals surface area contributed by atoms with Crippen LogP contribution in [0.2, 0.25) is 0 Å². The number of ether oxygens (including phenoxy) is 1. The second-order valence-electron chi connectivity index (χ2n) is 5.14. The quantitative estimate of drug-likeness (QED) is 0.609. The Kier molecular flexibility index (Phi) is 4.06. The highest BCUT2D eigenvalue weighted by molar-refractivity contribution is 5.85. The number of ketones is 1. The third-order valence-electron chi connectivity index (χ3n) is 2.57. The van der Waals surface area contributed by atoms with Gasteiger partial charge in [-0.15, -0.1) is 0 Å². The van der Waals surface area contributed by atoms with Crippen molar-refractivity contribution in [2.45, 2.75) is 27.7 Å². The van der Waals surface area contributed by atoms with Crippen LogP contribution in [0.3, 0.4) is 0 Å². The number of Topliss-reactive ketones (excluding diaryl/α,β-unsaturated/α-hetero) is 1. The van der Waals surface area contributed by atoms with E-state index in [0.717, 1.165) is 0 Å². The molecule has 0 spiro atoms. The molecule has 0 N–H and O–H groups in total. The number of nitro groups is 1. The lowest BCUT2D eigenvalue weighted by molar-refractivity contribution is -0.385. The third kappa shape index (κ3) is 3.29. The first-order chi connectivity index (χ1) is 8.23. The maximum absolute atomic E-state index is 11.7. The van der Waals surface area contributed by atoms with Gasteiger partial charge in [0.15, 0.2) is 11.5 Å². The molecule has 1 aromatic rings. The molecule has 0 aliphatic rings. The van der Waals surface area contributed by atoms with Gasteiger partial charge < -0.3 is 4.74 Å². The van der Waals surface area contributed by atoms with Crippen molar-refractivity contribution < 1.29 is 14.5 Å². The molecule has 98 valence electrons. The van der Waals surface area contributed by atoms with Crippen molar-refractivity contribution in [1.82, 2.24) is 0 Å². The lowest BCUT2D eigenvalue weighted by Crippen LogP contribution is -2.26. The summed E-state index contributed by atoms with van der Waals surface area (Å²) >= 11 is 0. The van der Waals surface area contributed by atoms with Crippen LogP contribution in [0.5, 0.6) is 5.75 Å². The van der Waals surface area contributed by atoms with Gasteiger partial charge in [-0.25, -0.2) is 0 Å². The van der Waals surface area contributed by atoms with E-state index < -0.39 is 10.3 Å². The van der Waals surface area contributed by atoms with Gasteiger partial charge in [0.25, 0.3) is 0 Å². The zero-order valence-corrected chi connectivity index (χ0v) is 11.0. The van der Waals surface area contributed by atoms with Crippen LogP contribution in [0.1, 0.15) is 26.3 Å². The monoisotopic (exact) mass is 251 g/mol. The van der Waals surface area contributed by atoms with Gasteiger partial charge in [-0.05, 0) is 12.5 Å². The normalized spacial score (nSPS) is 11.1. The molecule has 1 rings (SSSR count). The number of rotatable bonds is 4. The zero-order chi connectivity index (χ0) is 13.9. The van der Waals surface area contributed by atoms with E-state index in [-0.39, 0.29) is 23.8 Å². The molecule has 0 aliphatic heterocycles. The van der Waals surface area contributed by atoms with E-state index in [0.29, 0.717) is 5.56 Å². The molecule has 0 unspecified atom stereocenters. The molecule has 0 aromatic heterocycles. The molecule has 0 aliphatic carbocycles. The topological polar surface area (TPSA) is 69.4 Å². The van der Waals surface area contributed by atoms with Crippen molar-refractivity contribution in [2.24, 2.45) is 5.41 Å². The minimum atomic E-state index is -0.516. The predicted molar refractivity (Wildman–Crippen MR) is 67.8 cm³/mol. The van der Waals surface area contributed by atoms with E-state index in [1.807, 2.05) is 0 Å². The maximum atomic E-state index is 11.7. The van der Waals surface area contributed by atoms with Crippen LogP contribution >= 0.6 is 0 Å². The molecule has 5 heteroatoms. The Bertz CT molecular complexity index is 474. The van der Waals surface area contributed by atoms with Gasteiger partial charge in [0.1, 0.15) is 6.61 Å². The maximum Gasteiger partial charge on any atom is 0.311 e. The fraction of sp³-hybridized carbons (Fsp3) is 0.462. The van der Waals surface area contributed by atoms with Crippen LogP contribution in [0.25, 0.3) is 0 Å². The number of hydrogen-bond acceptors (Lipinski definition) is 4. The SMILES string of the molecule is Cc1cccc([N+](=O)[O-])c1OCC(=O)C(C)(C)C. The second kappa shape index (κ2) is 5.16. The van der Waals surface area contributed by atoms with E-state index >= 15 is 0 Å². The summed E-state index contributed by atoms with van der Waals surface area (Å²) in [7, 11) is 0. The Hall–Kier alpha value is -1.91. The fourth-order valence-corrected chi connectivity index (χ4v) is 1.32. The Morgan fingerprint density at radius 2 is 2.00 bits per heavy atom. The number of para-hydroxylation sites is 1. The minimum absolute atomic E-state index is 0.0972. The van der Waals surface area contributed by atoms with Gasteiger partial charge in [-0.3, -0.25) is 14.9 Å². The lowest BCUT2D eigenvalue weighted by Gasteiger charge is -2.17. The van der Waals surface area contributed by atoms with Crippen LogP contribution in [0.4, 0.5) is 5.69 Å². The van der Waals surface area contributed by atoms with Crippen LogP contribution in [-0.2, 0) is 4.79 Å². The van der Waals surface area contributed by atoms with Gasteiger partial charge >= 0.3 is 5.69 Å². The molecule has 5 nitrogen and oxygen atoms in total. The molecule has 0 bridgehead atoms. The van der Waals surface area contributed by atoms with Crippen LogP contribution in [0.15, 0.2) is 18.2 Å². The smallest absolute Gasteiger partial charge is 0.311 e. The molecule has 0 atom stereocenters. The fourth-order valence-electron chi connectivity index (χ4n) is 1.32. The van der Waals surface area contributed by atoms with Crippen molar-refractivity contribution in [3.8, 4) is 5.75 Å². The van der Waals surface area contributed by atoms with Gasteiger partial charge in [-0.1, -0.05) is 32.9 Å². The number of nitrogens with zero attached hydrogens (tertiary/aromatic N) is 1. The lowest BCUT2D eigenvalue weighted by atomic mass is 9.91. The molecule has 0 radical (unpaired) electrons. The van der Waals surface area contributed by atoms with Gasteiger partial charge in [0.05, 0.1) is 4.92 Å². The third-order valence-corrected chi connectivity index (χ3v) is 2.57. The highest BCUT2D eigenvalue weighted by atomic mass is 16.6. The second-order valence-corrected chi connectivity index (χ2v) is 5.14. The first-order valence-electron chi connectivity index (χ1n) is 5.63. The summed E-state index contributed by atoms with van der Waals surface area (Å²) in [6.45, 7) is 6.90. The molecular formula is C13H17NO4. The van der Waals surface area contributed by atoms with E-state index in [4.69, 9.17) is 4.74 Å². The number of aryl methyl sites for hydroxylation is 1. The first kappa shape index (κ1) is 14.2. The molecular weight excluding hydrogens is 234 g/mol. The van der Waals surface area contributed by atoms with E-state index in [1.54, 1.807) is 39.8 Å². The van der Waals surface area contributed by atoms with Crippen molar-refractivity contribution in [1.29, 1.82) is 0 Å². The number of benzene rings is 1. The molecule has 0 fully saturated rings. The van der Waals surface area contributed by atoms with Gasteiger partial charge in [-0.2, -0.15) is 0 Å². The van der Waals surface area contributed by atoms with E-state index in [9.17, 15) is 14.9 Å². The highest BCUT2D eigenvalue weighted by Crippen LogP contribution is 2.30. The summed E-state index contributed by atoms with van der Waals surface area (Å²) in [6.07, 6.45) is 0. The summed E-state index contributed by atoms with van der Waals surface area (Å²) < 4.78 is 5.33. The number of carbonyl (C=O) groups excluding carboxylic acids is 1. The van der Waals surface area contributed by atoms with Crippen molar-refractivity contribution in [2.75, 3.05) is 6.61 Å². The van der Waals surface area contributed by atoms with Gasteiger partial charge in [0.2, 0.25) is 0 Å². The molecule has 0 saturated carbocycles. The predicted octanol–water partition coefficient (Wildman–Crippen LogP) is 2.90. The summed E-state index contributed by atoms with van der Waals surface area (Å²) in [5, 5.41) is 10.9. The summed E-state index contributed by atoms with van der Waals surface area (Å²) in [4.78, 5) is 22.1. The van der Waals surface area contributed by atoms with E-state index in [1.165, 1.54) is 6.07 Å². The van der Waals surface area contributed by atoms with Crippen molar-refractivity contribution >= 4 is 11.5 Å². The Balaban J connectivity index is 2.92. The van der Waals surface area contributed by atoms with Crippen molar-refractivity contribution in [3.63, 3.8) is 0 Å². The average Bonchev–Trinajstić information content (AvgIpc) is 2.25. The standard InChI is InChI=1S/C13H17NO4/c1-9-6-5-7-10(14(16)17)12(9)18-8-11(15)13(2,3)4/h5-7H,8H2,1-4H3. The van der Waals surface area contributed by atoms with Crippen LogP contribution in [-0.4, -0.2) is 17.3 Å². The number of carbonyl (C=O) groups is 1. The van der Waals surface area contributed by atoms with Crippen LogP contribution in [0, 0.1) is 22.5 Å². The molecule has 0 heterocycles. The Morgan fingerprint density at radius 3 is 2.50 bits per heavy atom. The molecule has 0 saturated heterocycles. The average molecular weight is 251 g/mol. The first-order valence-corrected chi connectivity index (χ1v) is 5.63. The highest BCUT2D eigenvalue weighted by Gasteiger charge is 2.24. The molecule has 0 amide bonds. The molecule has 18 heavy (non-hydrogen) atoms. The summed E-state index contributed by atoms with van der Waals surface area (Å²) in [6, 6.07) is 4.67. The van der Waals surface area contributed by atoms with Crippen molar-refractivity contribution in [3.05, 3.63) is 33.9 Å². The summed E-state index contributed by atoms with van der Waals surface area (Å²) in [5.74, 6) is 0.0696. The number of hydrogen-bond donors (Lipinski definition) is 0. The van der Waals surface area contributed by atoms with Crippen LogP contribution < -0.4 is 4.74 Å². The largest absolute Gasteiger partial charge is 0.479 e. The van der Waals surface area contributed by atoms with E-state index in [2.05, 4.69) is 0 Å². The van der Waals surface area contributed by atoms with Gasteiger partial charge in [0, 0.05) is 11.5 Å². The Labute approximate surface area is 106 Å². The minimum Gasteiger partial charge on any atom is -0.479 e. The summed E-state index contributed by atoms with van der Waals surface area (Å²) in [5.41, 5.74) is 0.0138.